The Hall–Kier alpha value is -3.79. The number of anilines is 1. The van der Waals surface area contributed by atoms with Gasteiger partial charge in [0.2, 0.25) is 5.91 Å². The van der Waals surface area contributed by atoms with Crippen molar-refractivity contribution >= 4 is 23.6 Å². The lowest BCUT2D eigenvalue weighted by atomic mass is 9.89. The van der Waals surface area contributed by atoms with Gasteiger partial charge in [-0.2, -0.15) is 0 Å². The molecular weight excluding hydrogens is 514 g/mol. The molecule has 0 aromatic heterocycles. The predicted molar refractivity (Wildman–Crippen MR) is 165 cm³/mol. The largest absolute Gasteiger partial charge is 0.444 e. The van der Waals surface area contributed by atoms with Gasteiger partial charge >= 0.3 is 6.09 Å². The summed E-state index contributed by atoms with van der Waals surface area (Å²) in [5.41, 5.74) is 2.02. The van der Waals surface area contributed by atoms with Crippen molar-refractivity contribution in [3.05, 3.63) is 64.7 Å². The lowest BCUT2D eigenvalue weighted by Gasteiger charge is -2.45. The van der Waals surface area contributed by atoms with E-state index >= 15 is 0 Å². The molecule has 0 spiro atoms. The maximum atomic E-state index is 14.6. The molecule has 0 bridgehead atoms. The molecule has 2 rings (SSSR count). The van der Waals surface area contributed by atoms with Gasteiger partial charge in [-0.3, -0.25) is 9.59 Å². The van der Waals surface area contributed by atoms with E-state index < -0.39 is 29.3 Å². The number of aryl methyl sites for hydroxylation is 2. The van der Waals surface area contributed by atoms with E-state index in [9.17, 15) is 14.4 Å². The van der Waals surface area contributed by atoms with Crippen LogP contribution < -0.4 is 10.6 Å². The fourth-order valence-electron chi connectivity index (χ4n) is 4.72. The molecule has 2 unspecified atom stereocenters. The minimum absolute atomic E-state index is 0.0744. The number of ether oxygens (including phenoxy) is 1. The smallest absolute Gasteiger partial charge is 0.408 e. The SMILES string of the molecule is C#Cc1ccccc1C(C(=O)Nc1c(C)cccc1C)N(C(=O)C(CC(C)C)NC(=O)OC(C)(C)C)C(C)(C)CC. The van der Waals surface area contributed by atoms with E-state index in [1.807, 2.05) is 78.8 Å². The first kappa shape index (κ1) is 33.4. The van der Waals surface area contributed by atoms with E-state index in [1.54, 1.807) is 37.8 Å². The molecule has 41 heavy (non-hydrogen) atoms. The van der Waals surface area contributed by atoms with Crippen LogP contribution >= 0.6 is 0 Å². The molecule has 0 aliphatic rings. The van der Waals surface area contributed by atoms with Crippen molar-refractivity contribution in [3.8, 4) is 12.3 Å². The number of carbonyl (C=O) groups is 3. The monoisotopic (exact) mass is 561 g/mol. The standard InChI is InChI=1S/C34H47N3O4/c1-12-25-19-14-15-20-26(25)29(30(38)36-28-23(5)17-16-18-24(28)6)37(34(10,11)13-2)31(39)27(21-22(3)4)35-32(40)41-33(7,8)9/h1,14-20,22,27,29H,13,21H2,2-11H3,(H,35,40)(H,36,38). The molecule has 0 saturated carbocycles. The van der Waals surface area contributed by atoms with Gasteiger partial charge in [-0.15, -0.1) is 6.42 Å². The third-order valence-corrected chi connectivity index (χ3v) is 7.10. The topological polar surface area (TPSA) is 87.7 Å². The average Bonchev–Trinajstić information content (AvgIpc) is 2.87. The van der Waals surface area contributed by atoms with Gasteiger partial charge in [0.1, 0.15) is 17.7 Å². The molecule has 2 atom stereocenters. The number of nitrogens with zero attached hydrogens (tertiary/aromatic N) is 1. The Morgan fingerprint density at radius 2 is 1.56 bits per heavy atom. The summed E-state index contributed by atoms with van der Waals surface area (Å²) in [5, 5.41) is 5.90. The zero-order valence-corrected chi connectivity index (χ0v) is 26.3. The second kappa shape index (κ2) is 13.7. The van der Waals surface area contributed by atoms with Crippen molar-refractivity contribution in [2.75, 3.05) is 5.32 Å². The van der Waals surface area contributed by atoms with Crippen LogP contribution in [-0.2, 0) is 14.3 Å². The van der Waals surface area contributed by atoms with Gasteiger partial charge in [-0.25, -0.2) is 4.79 Å². The Labute approximate surface area is 246 Å². The van der Waals surface area contributed by atoms with Gasteiger partial charge in [-0.05, 0) is 90.0 Å². The minimum atomic E-state index is -1.07. The molecule has 0 saturated heterocycles. The number of benzene rings is 2. The number of alkyl carbamates (subject to hydrolysis) is 1. The third-order valence-electron chi connectivity index (χ3n) is 7.10. The van der Waals surface area contributed by atoms with Crippen molar-refractivity contribution < 1.29 is 19.1 Å². The highest BCUT2D eigenvalue weighted by molar-refractivity contribution is 6.00. The van der Waals surface area contributed by atoms with Crippen molar-refractivity contribution in [2.45, 2.75) is 105 Å². The van der Waals surface area contributed by atoms with Crippen LogP contribution in [0.2, 0.25) is 0 Å². The molecule has 3 amide bonds. The van der Waals surface area contributed by atoms with Crippen LogP contribution in [0, 0.1) is 32.1 Å². The zero-order valence-electron chi connectivity index (χ0n) is 26.3. The Balaban J connectivity index is 2.75. The Morgan fingerprint density at radius 1 is 0.976 bits per heavy atom. The molecule has 2 aromatic rings. The van der Waals surface area contributed by atoms with Gasteiger partial charge in [0.25, 0.3) is 5.91 Å². The summed E-state index contributed by atoms with van der Waals surface area (Å²) >= 11 is 0. The van der Waals surface area contributed by atoms with Crippen molar-refractivity contribution in [1.82, 2.24) is 10.2 Å². The highest BCUT2D eigenvalue weighted by atomic mass is 16.6. The van der Waals surface area contributed by atoms with Crippen molar-refractivity contribution in [1.29, 1.82) is 0 Å². The minimum Gasteiger partial charge on any atom is -0.444 e. The fraction of sp³-hybridized carbons (Fsp3) is 0.500. The zero-order chi connectivity index (χ0) is 31.1. The van der Waals surface area contributed by atoms with Crippen LogP contribution in [0.25, 0.3) is 0 Å². The molecular formula is C34H47N3O4. The molecule has 0 heterocycles. The Kier molecular flexibility index (Phi) is 11.2. The average molecular weight is 562 g/mol. The highest BCUT2D eigenvalue weighted by Gasteiger charge is 2.44. The van der Waals surface area contributed by atoms with Crippen molar-refractivity contribution in [2.24, 2.45) is 5.92 Å². The normalized spacial score (nSPS) is 13.1. The molecule has 0 radical (unpaired) electrons. The summed E-state index contributed by atoms with van der Waals surface area (Å²) in [6.45, 7) is 18.9. The number of hydrogen-bond donors (Lipinski definition) is 2. The second-order valence-electron chi connectivity index (χ2n) is 12.6. The Bertz CT molecular complexity index is 1260. The van der Waals surface area contributed by atoms with Crippen LogP contribution in [0.4, 0.5) is 10.5 Å². The summed E-state index contributed by atoms with van der Waals surface area (Å²) in [6.07, 6.45) is 6.11. The molecule has 7 heteroatoms. The molecule has 0 aliphatic heterocycles. The summed E-state index contributed by atoms with van der Waals surface area (Å²) in [5.74, 6) is 1.99. The van der Waals surface area contributed by atoms with Gasteiger partial charge < -0.3 is 20.3 Å². The Morgan fingerprint density at radius 3 is 2.07 bits per heavy atom. The first-order valence-corrected chi connectivity index (χ1v) is 14.3. The molecule has 0 fully saturated rings. The van der Waals surface area contributed by atoms with E-state index in [-0.39, 0.29) is 17.7 Å². The van der Waals surface area contributed by atoms with E-state index in [0.717, 1.165) is 11.1 Å². The van der Waals surface area contributed by atoms with E-state index in [0.29, 0.717) is 29.7 Å². The summed E-state index contributed by atoms with van der Waals surface area (Å²) in [7, 11) is 0. The summed E-state index contributed by atoms with van der Waals surface area (Å²) < 4.78 is 5.50. The predicted octanol–water partition coefficient (Wildman–Crippen LogP) is 6.92. The first-order valence-electron chi connectivity index (χ1n) is 14.3. The fourth-order valence-corrected chi connectivity index (χ4v) is 4.72. The van der Waals surface area contributed by atoms with Crippen molar-refractivity contribution in [3.63, 3.8) is 0 Å². The van der Waals surface area contributed by atoms with Gasteiger partial charge in [0.15, 0.2) is 0 Å². The van der Waals surface area contributed by atoms with Crippen LogP contribution in [0.15, 0.2) is 42.5 Å². The van der Waals surface area contributed by atoms with Gasteiger partial charge in [0, 0.05) is 16.8 Å². The van der Waals surface area contributed by atoms with E-state index in [2.05, 4.69) is 16.6 Å². The molecule has 7 nitrogen and oxygen atoms in total. The number of amides is 3. The van der Waals surface area contributed by atoms with Crippen LogP contribution in [0.3, 0.4) is 0 Å². The van der Waals surface area contributed by atoms with Crippen LogP contribution in [-0.4, -0.2) is 40.0 Å². The number of rotatable bonds is 10. The van der Waals surface area contributed by atoms with Gasteiger partial charge in [0.05, 0.1) is 0 Å². The quantitative estimate of drug-likeness (QED) is 0.308. The lowest BCUT2D eigenvalue weighted by Crippen LogP contribution is -2.59. The molecule has 222 valence electrons. The summed E-state index contributed by atoms with van der Waals surface area (Å²) in [6, 6.07) is 11.0. The molecule has 0 aliphatic carbocycles. The first-order chi connectivity index (χ1) is 19.0. The highest BCUT2D eigenvalue weighted by Crippen LogP contribution is 2.35. The van der Waals surface area contributed by atoms with E-state index in [1.165, 1.54) is 0 Å². The number of nitrogens with one attached hydrogen (secondary N) is 2. The maximum Gasteiger partial charge on any atom is 0.408 e. The number of para-hydroxylation sites is 1. The van der Waals surface area contributed by atoms with Crippen LogP contribution in [0.1, 0.15) is 96.5 Å². The lowest BCUT2D eigenvalue weighted by molar-refractivity contribution is -0.148. The van der Waals surface area contributed by atoms with E-state index in [4.69, 9.17) is 11.2 Å². The number of carbonyl (C=O) groups excluding carboxylic acids is 3. The molecule has 2 aromatic carbocycles. The van der Waals surface area contributed by atoms with Crippen LogP contribution in [0.5, 0.6) is 0 Å². The second-order valence-corrected chi connectivity index (χ2v) is 12.6. The third kappa shape index (κ3) is 8.85. The van der Waals surface area contributed by atoms with Gasteiger partial charge in [-0.1, -0.05) is 63.1 Å². The summed E-state index contributed by atoms with van der Waals surface area (Å²) in [4.78, 5) is 43.4. The maximum absolute atomic E-state index is 14.6. The number of hydrogen-bond acceptors (Lipinski definition) is 4. The molecule has 2 N–H and O–H groups in total. The number of terminal acetylenes is 1.